The van der Waals surface area contributed by atoms with E-state index in [-0.39, 0.29) is 0 Å². The van der Waals surface area contributed by atoms with E-state index in [0.717, 1.165) is 63.8 Å². The topological polar surface area (TPSA) is 50.3 Å². The summed E-state index contributed by atoms with van der Waals surface area (Å²) in [4.78, 5) is 11.4. The largest absolute Gasteiger partial charge is 0.381 e. The molecule has 0 aliphatic carbocycles. The van der Waals surface area contributed by atoms with E-state index >= 15 is 0 Å². The molecule has 118 valence electrons. The average molecular weight is 292 g/mol. The van der Waals surface area contributed by atoms with Gasteiger partial charge in [0.1, 0.15) is 0 Å². The molecule has 1 aliphatic rings. The highest BCUT2D eigenvalue weighted by molar-refractivity contribution is 5.31. The van der Waals surface area contributed by atoms with Crippen LogP contribution in [0.15, 0.2) is 6.20 Å². The molecule has 2 heterocycles. The van der Waals surface area contributed by atoms with Crippen molar-refractivity contribution in [2.75, 3.05) is 38.3 Å². The SMILES string of the molecule is CCCNCc1cnc(N(C)CC2CCOCC2)nc1C. The summed E-state index contributed by atoms with van der Waals surface area (Å²) in [6, 6.07) is 0. The molecule has 1 saturated heterocycles. The number of rotatable bonds is 7. The number of nitrogens with zero attached hydrogens (tertiary/aromatic N) is 3. The first-order chi connectivity index (χ1) is 10.2. The lowest BCUT2D eigenvalue weighted by molar-refractivity contribution is 0.0684. The van der Waals surface area contributed by atoms with Crippen molar-refractivity contribution in [2.45, 2.75) is 39.7 Å². The molecule has 2 rings (SSSR count). The number of aromatic nitrogens is 2. The average Bonchev–Trinajstić information content (AvgIpc) is 2.50. The van der Waals surface area contributed by atoms with Gasteiger partial charge in [0, 0.05) is 50.8 Å². The number of anilines is 1. The lowest BCUT2D eigenvalue weighted by Crippen LogP contribution is -2.30. The van der Waals surface area contributed by atoms with Gasteiger partial charge in [-0.15, -0.1) is 0 Å². The molecule has 21 heavy (non-hydrogen) atoms. The summed E-state index contributed by atoms with van der Waals surface area (Å²) in [7, 11) is 2.08. The molecule has 0 unspecified atom stereocenters. The summed E-state index contributed by atoms with van der Waals surface area (Å²) in [5.74, 6) is 1.52. The maximum atomic E-state index is 5.41. The number of ether oxygens (including phenoxy) is 1. The summed E-state index contributed by atoms with van der Waals surface area (Å²) in [6.07, 6.45) is 5.39. The summed E-state index contributed by atoms with van der Waals surface area (Å²) < 4.78 is 5.41. The first-order valence-electron chi connectivity index (χ1n) is 8.02. The van der Waals surface area contributed by atoms with Crippen LogP contribution >= 0.6 is 0 Å². The van der Waals surface area contributed by atoms with Crippen LogP contribution in [0.25, 0.3) is 0 Å². The van der Waals surface area contributed by atoms with Crippen LogP contribution in [0.5, 0.6) is 0 Å². The van der Waals surface area contributed by atoms with Gasteiger partial charge >= 0.3 is 0 Å². The summed E-state index contributed by atoms with van der Waals surface area (Å²) in [6.45, 7) is 8.91. The number of nitrogens with one attached hydrogen (secondary N) is 1. The van der Waals surface area contributed by atoms with Crippen molar-refractivity contribution in [3.63, 3.8) is 0 Å². The second-order valence-corrected chi connectivity index (χ2v) is 5.89. The third-order valence-corrected chi connectivity index (χ3v) is 4.02. The van der Waals surface area contributed by atoms with Gasteiger partial charge in [-0.3, -0.25) is 0 Å². The third-order valence-electron chi connectivity index (χ3n) is 4.02. The second-order valence-electron chi connectivity index (χ2n) is 5.89. The first kappa shape index (κ1) is 16.2. The van der Waals surface area contributed by atoms with E-state index in [1.165, 1.54) is 5.56 Å². The highest BCUT2D eigenvalue weighted by atomic mass is 16.5. The molecule has 0 amide bonds. The van der Waals surface area contributed by atoms with E-state index in [1.807, 2.05) is 6.20 Å². The predicted molar refractivity (Wildman–Crippen MR) is 85.6 cm³/mol. The van der Waals surface area contributed by atoms with Crippen LogP contribution in [0.4, 0.5) is 5.95 Å². The molecule has 0 saturated carbocycles. The van der Waals surface area contributed by atoms with Crippen LogP contribution in [0, 0.1) is 12.8 Å². The van der Waals surface area contributed by atoms with Crippen molar-refractivity contribution in [3.8, 4) is 0 Å². The molecule has 0 radical (unpaired) electrons. The van der Waals surface area contributed by atoms with Gasteiger partial charge in [0.2, 0.25) is 5.95 Å². The van der Waals surface area contributed by atoms with Gasteiger partial charge in [0.15, 0.2) is 0 Å². The van der Waals surface area contributed by atoms with Gasteiger partial charge in [0.25, 0.3) is 0 Å². The Kier molecular flexibility index (Phi) is 6.39. The zero-order valence-corrected chi connectivity index (χ0v) is 13.6. The van der Waals surface area contributed by atoms with E-state index in [1.54, 1.807) is 0 Å². The van der Waals surface area contributed by atoms with Crippen molar-refractivity contribution in [3.05, 3.63) is 17.5 Å². The van der Waals surface area contributed by atoms with Crippen LogP contribution < -0.4 is 10.2 Å². The Morgan fingerprint density at radius 3 is 2.81 bits per heavy atom. The van der Waals surface area contributed by atoms with E-state index in [0.29, 0.717) is 5.92 Å². The summed E-state index contributed by atoms with van der Waals surface area (Å²) >= 11 is 0. The van der Waals surface area contributed by atoms with E-state index < -0.39 is 0 Å². The van der Waals surface area contributed by atoms with E-state index in [9.17, 15) is 0 Å². The molecule has 0 atom stereocenters. The van der Waals surface area contributed by atoms with Gasteiger partial charge < -0.3 is 15.0 Å². The number of hydrogen-bond donors (Lipinski definition) is 1. The van der Waals surface area contributed by atoms with Crippen LogP contribution in [0.2, 0.25) is 0 Å². The monoisotopic (exact) mass is 292 g/mol. The maximum absolute atomic E-state index is 5.41. The zero-order chi connectivity index (χ0) is 15.1. The molecule has 1 fully saturated rings. The standard InChI is InChI=1S/C16H28N4O/c1-4-7-17-10-15-11-18-16(19-13(15)2)20(3)12-14-5-8-21-9-6-14/h11,14,17H,4-10,12H2,1-3H3. The Bertz CT molecular complexity index is 432. The molecule has 1 aromatic heterocycles. The van der Waals surface area contributed by atoms with Crippen molar-refractivity contribution in [1.29, 1.82) is 0 Å². The van der Waals surface area contributed by atoms with Crippen LogP contribution in [0.1, 0.15) is 37.4 Å². The van der Waals surface area contributed by atoms with Gasteiger partial charge in [0.05, 0.1) is 0 Å². The third kappa shape index (κ3) is 4.93. The lowest BCUT2D eigenvalue weighted by Gasteiger charge is -2.27. The Hall–Kier alpha value is -1.20. The first-order valence-corrected chi connectivity index (χ1v) is 8.02. The normalized spacial score (nSPS) is 16.1. The van der Waals surface area contributed by atoms with Crippen molar-refractivity contribution in [2.24, 2.45) is 5.92 Å². The van der Waals surface area contributed by atoms with Crippen molar-refractivity contribution >= 4 is 5.95 Å². The minimum atomic E-state index is 0.693. The Labute approximate surface area is 128 Å². The molecular weight excluding hydrogens is 264 g/mol. The Morgan fingerprint density at radius 2 is 2.14 bits per heavy atom. The minimum Gasteiger partial charge on any atom is -0.381 e. The van der Waals surface area contributed by atoms with Crippen molar-refractivity contribution in [1.82, 2.24) is 15.3 Å². The Morgan fingerprint density at radius 1 is 1.38 bits per heavy atom. The van der Waals surface area contributed by atoms with Gasteiger partial charge in [-0.1, -0.05) is 6.92 Å². The summed E-state index contributed by atoms with van der Waals surface area (Å²) in [5.41, 5.74) is 2.26. The van der Waals surface area contributed by atoms with E-state index in [4.69, 9.17) is 4.74 Å². The fraction of sp³-hybridized carbons (Fsp3) is 0.750. The molecular formula is C16H28N4O. The van der Waals surface area contributed by atoms with Crippen LogP contribution in [0.3, 0.4) is 0 Å². The van der Waals surface area contributed by atoms with Crippen LogP contribution in [-0.2, 0) is 11.3 Å². The Balaban J connectivity index is 1.91. The molecule has 0 bridgehead atoms. The maximum Gasteiger partial charge on any atom is 0.225 e. The summed E-state index contributed by atoms with van der Waals surface area (Å²) in [5, 5.41) is 3.40. The molecule has 1 N–H and O–H groups in total. The number of hydrogen-bond acceptors (Lipinski definition) is 5. The minimum absolute atomic E-state index is 0.693. The highest BCUT2D eigenvalue weighted by Gasteiger charge is 2.17. The van der Waals surface area contributed by atoms with Crippen molar-refractivity contribution < 1.29 is 4.74 Å². The zero-order valence-electron chi connectivity index (χ0n) is 13.6. The smallest absolute Gasteiger partial charge is 0.225 e. The fourth-order valence-electron chi connectivity index (χ4n) is 2.63. The predicted octanol–water partition coefficient (Wildman–Crippen LogP) is 2.15. The van der Waals surface area contributed by atoms with E-state index in [2.05, 4.69) is 41.1 Å². The molecule has 1 aliphatic heterocycles. The lowest BCUT2D eigenvalue weighted by atomic mass is 10.00. The number of aryl methyl sites for hydroxylation is 1. The molecule has 5 heteroatoms. The molecule has 0 spiro atoms. The quantitative estimate of drug-likeness (QED) is 0.780. The van der Waals surface area contributed by atoms with Gasteiger partial charge in [-0.25, -0.2) is 9.97 Å². The van der Waals surface area contributed by atoms with Gasteiger partial charge in [-0.2, -0.15) is 0 Å². The van der Waals surface area contributed by atoms with Gasteiger partial charge in [-0.05, 0) is 38.6 Å². The molecule has 5 nitrogen and oxygen atoms in total. The highest BCUT2D eigenvalue weighted by Crippen LogP contribution is 2.18. The second kappa shape index (κ2) is 8.29. The fourth-order valence-corrected chi connectivity index (χ4v) is 2.63. The molecule has 0 aromatic carbocycles. The molecule has 1 aromatic rings. The van der Waals surface area contributed by atoms with Crippen LogP contribution in [-0.4, -0.2) is 43.3 Å².